The Morgan fingerprint density at radius 1 is 1.00 bits per heavy atom. The van der Waals surface area contributed by atoms with Gasteiger partial charge in [0.25, 0.3) is 0 Å². The van der Waals surface area contributed by atoms with Crippen LogP contribution in [0.25, 0.3) is 11.3 Å². The fourth-order valence-electron chi connectivity index (χ4n) is 6.59. The van der Waals surface area contributed by atoms with Crippen molar-refractivity contribution >= 4 is 52.5 Å². The molecule has 3 aliphatic heterocycles. The maximum Gasteiger partial charge on any atom is 0.410 e. The number of halogens is 3. The molecule has 2 amide bonds. The predicted molar refractivity (Wildman–Crippen MR) is 175 cm³/mol. The number of nitrogens with zero attached hydrogens (tertiary/aromatic N) is 5. The van der Waals surface area contributed by atoms with Crippen molar-refractivity contribution in [3.63, 3.8) is 0 Å². The Kier molecular flexibility index (Phi) is 8.90. The summed E-state index contributed by atoms with van der Waals surface area (Å²) in [6, 6.07) is 11.5. The van der Waals surface area contributed by atoms with Crippen molar-refractivity contribution in [1.82, 2.24) is 19.6 Å². The van der Waals surface area contributed by atoms with Crippen molar-refractivity contribution in [3.05, 3.63) is 68.3 Å². The first-order valence-electron chi connectivity index (χ1n) is 15.3. The standard InChI is InChI=1S/C33H38Cl3N5O3/c1-33(2,3)44-32(43)39-16-11-29-25(20-39)31(21-5-7-26(35)27(36)18-21)37-40(29)13-4-12-38-14-9-24(10-15-38)41-28-8-6-23(34)17-22(28)19-30(41)42/h5-8,17-18,24H,4,9-16,19-20H2,1-3H3. The molecule has 1 fully saturated rings. The lowest BCUT2D eigenvalue weighted by molar-refractivity contribution is -0.118. The van der Waals surface area contributed by atoms with Crippen LogP contribution in [-0.4, -0.2) is 69.4 Å². The second-order valence-corrected chi connectivity index (χ2v) is 14.2. The molecule has 6 rings (SSSR count). The lowest BCUT2D eigenvalue weighted by Gasteiger charge is -2.37. The first kappa shape index (κ1) is 31.2. The number of carbonyl (C=O) groups excluding carboxylic acids is 2. The molecule has 234 valence electrons. The van der Waals surface area contributed by atoms with Gasteiger partial charge in [0, 0.05) is 66.2 Å². The summed E-state index contributed by atoms with van der Waals surface area (Å²) in [5.74, 6) is 0.173. The molecule has 0 unspecified atom stereocenters. The van der Waals surface area contributed by atoms with Gasteiger partial charge in [-0.15, -0.1) is 0 Å². The van der Waals surface area contributed by atoms with Crippen LogP contribution >= 0.6 is 34.8 Å². The molecule has 0 N–H and O–H groups in total. The van der Waals surface area contributed by atoms with Crippen LogP contribution < -0.4 is 4.90 Å². The summed E-state index contributed by atoms with van der Waals surface area (Å²) in [5, 5.41) is 6.69. The van der Waals surface area contributed by atoms with Crippen LogP contribution in [0.15, 0.2) is 36.4 Å². The van der Waals surface area contributed by atoms with Crippen LogP contribution in [0.1, 0.15) is 56.9 Å². The number of anilines is 1. The van der Waals surface area contributed by atoms with Crippen molar-refractivity contribution in [2.45, 2.75) is 77.6 Å². The van der Waals surface area contributed by atoms with E-state index in [9.17, 15) is 9.59 Å². The van der Waals surface area contributed by atoms with Gasteiger partial charge in [0.1, 0.15) is 5.60 Å². The summed E-state index contributed by atoms with van der Waals surface area (Å²) in [6.45, 7) is 10.3. The van der Waals surface area contributed by atoms with Crippen molar-refractivity contribution < 1.29 is 14.3 Å². The largest absolute Gasteiger partial charge is 0.444 e. The number of fused-ring (bicyclic) bond motifs is 2. The van der Waals surface area contributed by atoms with Gasteiger partial charge in [-0.25, -0.2) is 4.79 Å². The third-order valence-electron chi connectivity index (χ3n) is 8.66. The average Bonchev–Trinajstić information content (AvgIpc) is 3.50. The van der Waals surface area contributed by atoms with E-state index >= 15 is 0 Å². The Morgan fingerprint density at radius 2 is 1.77 bits per heavy atom. The minimum absolute atomic E-state index is 0.173. The van der Waals surface area contributed by atoms with E-state index in [0.717, 1.165) is 79.2 Å². The Hall–Kier alpha value is -2.78. The summed E-state index contributed by atoms with van der Waals surface area (Å²) in [6.07, 6.45) is 3.66. The highest BCUT2D eigenvalue weighted by atomic mass is 35.5. The maximum atomic E-state index is 12.9. The molecule has 44 heavy (non-hydrogen) atoms. The van der Waals surface area contributed by atoms with Crippen LogP contribution in [-0.2, 0) is 35.5 Å². The monoisotopic (exact) mass is 657 g/mol. The molecule has 1 aromatic heterocycles. The van der Waals surface area contributed by atoms with Gasteiger partial charge in [0.15, 0.2) is 0 Å². The molecule has 8 nitrogen and oxygen atoms in total. The average molecular weight is 659 g/mol. The summed E-state index contributed by atoms with van der Waals surface area (Å²) in [4.78, 5) is 32.0. The molecular formula is C33H38Cl3N5O3. The molecule has 0 aliphatic carbocycles. The van der Waals surface area contributed by atoms with Crippen LogP contribution in [0.5, 0.6) is 0 Å². The SMILES string of the molecule is CC(C)(C)OC(=O)N1CCc2c(c(-c3ccc(Cl)c(Cl)c3)nn2CCCN2CCC(N3C(=O)Cc4cc(Cl)ccc43)CC2)C1. The third-order valence-corrected chi connectivity index (χ3v) is 9.63. The molecule has 11 heteroatoms. The topological polar surface area (TPSA) is 70.9 Å². The van der Waals surface area contributed by atoms with Gasteiger partial charge in [0.2, 0.25) is 5.91 Å². The lowest BCUT2D eigenvalue weighted by atomic mass is 10.0. The van der Waals surface area contributed by atoms with E-state index in [-0.39, 0.29) is 18.0 Å². The van der Waals surface area contributed by atoms with Gasteiger partial charge >= 0.3 is 6.09 Å². The smallest absolute Gasteiger partial charge is 0.410 e. The molecule has 0 radical (unpaired) electrons. The van der Waals surface area contributed by atoms with E-state index in [2.05, 4.69) is 9.58 Å². The highest BCUT2D eigenvalue weighted by molar-refractivity contribution is 6.42. The molecular weight excluding hydrogens is 621 g/mol. The van der Waals surface area contributed by atoms with E-state index in [4.69, 9.17) is 44.6 Å². The molecule has 3 aromatic rings. The van der Waals surface area contributed by atoms with Gasteiger partial charge in [0.05, 0.1) is 28.7 Å². The van der Waals surface area contributed by atoms with Crippen LogP contribution in [0, 0.1) is 0 Å². The van der Waals surface area contributed by atoms with E-state index in [1.165, 1.54) is 0 Å². The second kappa shape index (κ2) is 12.5. The fourth-order valence-corrected chi connectivity index (χ4v) is 7.08. The van der Waals surface area contributed by atoms with Gasteiger partial charge in [-0.05, 0) is 82.5 Å². The molecule has 0 saturated carbocycles. The van der Waals surface area contributed by atoms with Crippen molar-refractivity contribution in [1.29, 1.82) is 0 Å². The number of hydrogen-bond acceptors (Lipinski definition) is 5. The van der Waals surface area contributed by atoms with Crippen LogP contribution in [0.3, 0.4) is 0 Å². The Morgan fingerprint density at radius 3 is 2.50 bits per heavy atom. The zero-order valence-electron chi connectivity index (χ0n) is 25.4. The number of aromatic nitrogens is 2. The summed E-state index contributed by atoms with van der Waals surface area (Å²) in [5.41, 5.74) is 5.36. The van der Waals surface area contributed by atoms with Gasteiger partial charge in [-0.1, -0.05) is 40.9 Å². The minimum atomic E-state index is -0.564. The van der Waals surface area contributed by atoms with Crippen molar-refractivity contribution in [3.8, 4) is 11.3 Å². The highest BCUT2D eigenvalue weighted by Crippen LogP contribution is 2.36. The number of hydrogen-bond donors (Lipinski definition) is 0. The third kappa shape index (κ3) is 6.59. The number of benzene rings is 2. The van der Waals surface area contributed by atoms with Crippen LogP contribution in [0.4, 0.5) is 10.5 Å². The number of amides is 2. The number of rotatable bonds is 6. The molecule has 0 atom stereocenters. The Bertz CT molecular complexity index is 1580. The number of ether oxygens (including phenoxy) is 1. The lowest BCUT2D eigenvalue weighted by Crippen LogP contribution is -2.46. The zero-order chi connectivity index (χ0) is 31.2. The van der Waals surface area contributed by atoms with E-state index in [1.807, 2.05) is 56.0 Å². The summed E-state index contributed by atoms with van der Waals surface area (Å²) < 4.78 is 7.78. The van der Waals surface area contributed by atoms with Gasteiger partial charge < -0.3 is 19.4 Å². The first-order chi connectivity index (χ1) is 21.0. The van der Waals surface area contributed by atoms with Crippen molar-refractivity contribution in [2.75, 3.05) is 31.1 Å². The Balaban J connectivity index is 1.11. The predicted octanol–water partition coefficient (Wildman–Crippen LogP) is 7.25. The fraction of sp³-hybridized carbons (Fsp3) is 0.485. The zero-order valence-corrected chi connectivity index (χ0v) is 27.7. The first-order valence-corrected chi connectivity index (χ1v) is 16.4. The number of aryl methyl sites for hydroxylation is 1. The molecule has 2 aromatic carbocycles. The number of piperidine rings is 1. The van der Waals surface area contributed by atoms with Gasteiger partial charge in [-0.3, -0.25) is 9.48 Å². The summed E-state index contributed by atoms with van der Waals surface area (Å²) in [7, 11) is 0. The Labute approximate surface area is 273 Å². The number of likely N-dealkylation sites (tertiary alicyclic amines) is 1. The molecule has 4 heterocycles. The van der Waals surface area contributed by atoms with E-state index < -0.39 is 5.60 Å². The number of carbonyl (C=O) groups is 2. The molecule has 1 saturated heterocycles. The normalized spacial score (nSPS) is 17.6. The highest BCUT2D eigenvalue weighted by Gasteiger charge is 2.35. The minimum Gasteiger partial charge on any atom is -0.444 e. The van der Waals surface area contributed by atoms with Crippen LogP contribution in [0.2, 0.25) is 15.1 Å². The van der Waals surface area contributed by atoms with E-state index in [0.29, 0.717) is 41.0 Å². The molecule has 0 bridgehead atoms. The molecule has 0 spiro atoms. The molecule has 3 aliphatic rings. The van der Waals surface area contributed by atoms with E-state index in [1.54, 1.807) is 11.0 Å². The maximum absolute atomic E-state index is 12.9. The summed E-state index contributed by atoms with van der Waals surface area (Å²) >= 11 is 18.8. The second-order valence-electron chi connectivity index (χ2n) is 12.9. The quantitative estimate of drug-likeness (QED) is 0.279. The van der Waals surface area contributed by atoms with Gasteiger partial charge in [-0.2, -0.15) is 5.10 Å². The van der Waals surface area contributed by atoms with Crippen molar-refractivity contribution in [2.24, 2.45) is 0 Å².